The van der Waals surface area contributed by atoms with Gasteiger partial charge in [0.15, 0.2) is 0 Å². The van der Waals surface area contributed by atoms with Crippen molar-refractivity contribution in [2.45, 2.75) is 32.6 Å². The number of carbonyl (C=O) groups is 1. The Morgan fingerprint density at radius 2 is 1.59 bits per heavy atom. The lowest BCUT2D eigenvalue weighted by atomic mass is 9.82. The van der Waals surface area contributed by atoms with Crippen LogP contribution in [0.1, 0.15) is 40.4 Å². The maximum Gasteiger partial charge on any atom is 0.341 e. The number of rotatable bonds is 4. The summed E-state index contributed by atoms with van der Waals surface area (Å²) in [4.78, 5) is 11.0. The van der Waals surface area contributed by atoms with Crippen molar-refractivity contribution in [2.75, 3.05) is 0 Å². The minimum absolute atomic E-state index is 0.0191. The van der Waals surface area contributed by atoms with Crippen molar-refractivity contribution in [1.82, 2.24) is 0 Å². The highest BCUT2D eigenvalue weighted by atomic mass is 19.1. The van der Waals surface area contributed by atoms with Gasteiger partial charge in [-0.15, -0.1) is 0 Å². The molecule has 148 valence electrons. The number of halogens is 3. The van der Waals surface area contributed by atoms with Gasteiger partial charge in [0.25, 0.3) is 0 Å². The predicted molar refractivity (Wildman–Crippen MR) is 106 cm³/mol. The van der Waals surface area contributed by atoms with Crippen LogP contribution in [-0.2, 0) is 19.3 Å². The molecule has 0 radical (unpaired) electrons. The molecular formula is C24H19F3O2. The van der Waals surface area contributed by atoms with Crippen LogP contribution in [0, 0.1) is 17.5 Å². The molecule has 0 saturated carbocycles. The van der Waals surface area contributed by atoms with Gasteiger partial charge in [0.2, 0.25) is 0 Å². The van der Waals surface area contributed by atoms with Gasteiger partial charge in [0.05, 0.1) is 0 Å². The van der Waals surface area contributed by atoms with Gasteiger partial charge in [-0.1, -0.05) is 43.7 Å². The third-order valence-corrected chi connectivity index (χ3v) is 5.45. The van der Waals surface area contributed by atoms with Crippen LogP contribution in [0.15, 0.2) is 42.5 Å². The molecule has 0 unspecified atom stereocenters. The van der Waals surface area contributed by atoms with Crippen molar-refractivity contribution < 1.29 is 23.1 Å². The van der Waals surface area contributed by atoms with E-state index in [1.54, 1.807) is 6.07 Å². The number of fused-ring (bicyclic) bond motifs is 3. The molecule has 1 aliphatic rings. The van der Waals surface area contributed by atoms with Crippen molar-refractivity contribution >= 4 is 5.97 Å². The lowest BCUT2D eigenvalue weighted by molar-refractivity contribution is 0.0686. The lowest BCUT2D eigenvalue weighted by Gasteiger charge is -2.22. The molecule has 0 spiro atoms. The van der Waals surface area contributed by atoms with Crippen LogP contribution in [0.2, 0.25) is 0 Å². The first-order chi connectivity index (χ1) is 13.9. The van der Waals surface area contributed by atoms with Gasteiger partial charge in [-0.25, -0.2) is 18.0 Å². The van der Waals surface area contributed by atoms with Crippen LogP contribution in [-0.4, -0.2) is 11.1 Å². The van der Waals surface area contributed by atoms with Gasteiger partial charge in [-0.2, -0.15) is 0 Å². The van der Waals surface area contributed by atoms with Gasteiger partial charge in [-0.3, -0.25) is 0 Å². The minimum atomic E-state index is -1.70. The van der Waals surface area contributed by atoms with Crippen LogP contribution < -0.4 is 0 Å². The molecular weight excluding hydrogens is 377 g/mol. The molecule has 0 saturated heterocycles. The highest BCUT2D eigenvalue weighted by Gasteiger charge is 2.24. The zero-order valence-electron chi connectivity index (χ0n) is 15.9. The molecule has 0 bridgehead atoms. The fourth-order valence-electron chi connectivity index (χ4n) is 4.09. The number of aryl methyl sites for hydroxylation is 2. The van der Waals surface area contributed by atoms with Crippen LogP contribution in [0.4, 0.5) is 13.2 Å². The maximum atomic E-state index is 15.3. The normalized spacial score (nSPS) is 12.4. The highest BCUT2D eigenvalue weighted by molar-refractivity contribution is 5.89. The molecule has 0 fully saturated rings. The highest BCUT2D eigenvalue weighted by Crippen LogP contribution is 2.39. The Hall–Kier alpha value is -3.08. The molecule has 0 atom stereocenters. The number of aromatic carboxylic acids is 1. The molecule has 4 rings (SSSR count). The molecule has 0 aromatic heterocycles. The Bertz CT molecular complexity index is 1110. The van der Waals surface area contributed by atoms with E-state index in [2.05, 4.69) is 19.1 Å². The molecule has 1 aliphatic carbocycles. The Morgan fingerprint density at radius 3 is 2.24 bits per heavy atom. The van der Waals surface area contributed by atoms with Crippen LogP contribution in [0.3, 0.4) is 0 Å². The molecule has 5 heteroatoms. The van der Waals surface area contributed by atoms with E-state index in [4.69, 9.17) is 5.11 Å². The van der Waals surface area contributed by atoms with Gasteiger partial charge in [0, 0.05) is 5.56 Å². The summed E-state index contributed by atoms with van der Waals surface area (Å²) >= 11 is 0. The van der Waals surface area contributed by atoms with Crippen molar-refractivity contribution in [3.63, 3.8) is 0 Å². The monoisotopic (exact) mass is 396 g/mol. The van der Waals surface area contributed by atoms with E-state index < -0.39 is 29.0 Å². The van der Waals surface area contributed by atoms with Crippen molar-refractivity contribution in [1.29, 1.82) is 0 Å². The Kier molecular flexibility index (Phi) is 4.91. The molecule has 1 N–H and O–H groups in total. The van der Waals surface area contributed by atoms with Crippen LogP contribution >= 0.6 is 0 Å². The number of benzene rings is 3. The zero-order chi connectivity index (χ0) is 20.7. The molecule has 29 heavy (non-hydrogen) atoms. The van der Waals surface area contributed by atoms with E-state index in [1.807, 2.05) is 6.07 Å². The summed E-state index contributed by atoms with van der Waals surface area (Å²) in [5.41, 5.74) is 3.73. The summed E-state index contributed by atoms with van der Waals surface area (Å²) in [5, 5.41) is 8.91. The van der Waals surface area contributed by atoms with Crippen LogP contribution in [0.5, 0.6) is 0 Å². The molecule has 0 aliphatic heterocycles. The number of hydrogen-bond donors (Lipinski definition) is 1. The van der Waals surface area contributed by atoms with E-state index in [0.29, 0.717) is 18.4 Å². The third kappa shape index (κ3) is 3.31. The summed E-state index contributed by atoms with van der Waals surface area (Å²) in [6, 6.07) is 11.2. The largest absolute Gasteiger partial charge is 0.477 e. The summed E-state index contributed by atoms with van der Waals surface area (Å²) in [6.45, 7) is 2.13. The third-order valence-electron chi connectivity index (χ3n) is 5.45. The smallest absolute Gasteiger partial charge is 0.341 e. The summed E-state index contributed by atoms with van der Waals surface area (Å²) in [7, 11) is 0. The molecule has 0 amide bonds. The summed E-state index contributed by atoms with van der Waals surface area (Å²) in [6.07, 6.45) is 3.24. The molecule has 3 aromatic carbocycles. The van der Waals surface area contributed by atoms with E-state index in [-0.39, 0.29) is 11.1 Å². The topological polar surface area (TPSA) is 37.3 Å². The quantitative estimate of drug-likeness (QED) is 0.571. The zero-order valence-corrected chi connectivity index (χ0v) is 15.9. The average molecular weight is 396 g/mol. The maximum absolute atomic E-state index is 15.3. The second-order valence-electron chi connectivity index (χ2n) is 7.31. The summed E-state index contributed by atoms with van der Waals surface area (Å²) in [5.74, 6) is -4.67. The first kappa shape index (κ1) is 19.2. The molecule has 2 nitrogen and oxygen atoms in total. The summed E-state index contributed by atoms with van der Waals surface area (Å²) < 4.78 is 43.4. The Labute approximate surface area is 166 Å². The van der Waals surface area contributed by atoms with E-state index in [0.717, 1.165) is 36.1 Å². The standard InChI is InChI=1S/C24H19F3O2/c1-2-3-13-4-6-16-14(10-13)5-7-19-18(16)9-8-17(23(19)27)15-11-20(25)22(24(28)29)21(26)12-15/h4,6,8-12H,2-3,5,7H2,1H3,(H,28,29). The predicted octanol–water partition coefficient (Wildman–Crippen LogP) is 6.19. The Morgan fingerprint density at radius 1 is 0.931 bits per heavy atom. The SMILES string of the molecule is CCCc1ccc2c(c1)CCc1c-2ccc(-c2cc(F)c(C(=O)O)c(F)c2)c1F. The second kappa shape index (κ2) is 7.39. The molecule has 0 heterocycles. The van der Waals surface area contributed by atoms with Crippen molar-refractivity contribution in [3.05, 3.63) is 82.2 Å². The lowest BCUT2D eigenvalue weighted by Crippen LogP contribution is -2.09. The minimum Gasteiger partial charge on any atom is -0.477 e. The van der Waals surface area contributed by atoms with Crippen molar-refractivity contribution in [2.24, 2.45) is 0 Å². The number of carboxylic acid groups (broad SMARTS) is 1. The Balaban J connectivity index is 1.80. The van der Waals surface area contributed by atoms with Gasteiger partial charge in [0.1, 0.15) is 23.0 Å². The number of carboxylic acids is 1. The fraction of sp³-hybridized carbons (Fsp3) is 0.208. The average Bonchev–Trinajstić information content (AvgIpc) is 2.67. The first-order valence-electron chi connectivity index (χ1n) is 9.57. The van der Waals surface area contributed by atoms with E-state index in [1.165, 1.54) is 17.2 Å². The van der Waals surface area contributed by atoms with Gasteiger partial charge >= 0.3 is 5.97 Å². The van der Waals surface area contributed by atoms with Crippen LogP contribution in [0.25, 0.3) is 22.3 Å². The fourth-order valence-corrected chi connectivity index (χ4v) is 4.09. The molecule has 3 aromatic rings. The van der Waals surface area contributed by atoms with E-state index >= 15 is 4.39 Å². The van der Waals surface area contributed by atoms with Crippen molar-refractivity contribution in [3.8, 4) is 22.3 Å². The van der Waals surface area contributed by atoms with E-state index in [9.17, 15) is 13.6 Å². The van der Waals surface area contributed by atoms with Gasteiger partial charge < -0.3 is 5.11 Å². The van der Waals surface area contributed by atoms with Gasteiger partial charge in [-0.05, 0) is 64.8 Å². The first-order valence-corrected chi connectivity index (χ1v) is 9.57. The second-order valence-corrected chi connectivity index (χ2v) is 7.31. The number of hydrogen-bond acceptors (Lipinski definition) is 1.